The second-order valence-electron chi connectivity index (χ2n) is 5.52. The van der Waals surface area contributed by atoms with E-state index in [9.17, 15) is 0 Å². The molecule has 19 heavy (non-hydrogen) atoms. The van der Waals surface area contributed by atoms with E-state index < -0.39 is 0 Å². The number of hydrogen-bond donors (Lipinski definition) is 1. The molecule has 0 saturated carbocycles. The molecule has 1 heterocycles. The average Bonchev–Trinajstić information content (AvgIpc) is 2.85. The van der Waals surface area contributed by atoms with Crippen LogP contribution in [-0.4, -0.2) is 4.98 Å². The highest BCUT2D eigenvalue weighted by Crippen LogP contribution is 2.37. The zero-order valence-corrected chi connectivity index (χ0v) is 12.9. The molecule has 0 amide bonds. The third-order valence-electron chi connectivity index (χ3n) is 3.45. The molecule has 3 heteroatoms. The van der Waals surface area contributed by atoms with Gasteiger partial charge < -0.3 is 5.73 Å². The lowest BCUT2D eigenvalue weighted by molar-refractivity contribution is 0.474. The highest BCUT2D eigenvalue weighted by molar-refractivity contribution is 7.12. The lowest BCUT2D eigenvalue weighted by atomic mass is 10.0. The maximum Gasteiger partial charge on any atom is 0.113 e. The van der Waals surface area contributed by atoms with Gasteiger partial charge in [-0.3, -0.25) is 0 Å². The third kappa shape index (κ3) is 2.88. The Labute approximate surface area is 119 Å². The van der Waals surface area contributed by atoms with Crippen LogP contribution >= 0.6 is 11.3 Å². The van der Waals surface area contributed by atoms with E-state index in [1.165, 1.54) is 10.4 Å². The molecule has 0 spiro atoms. The summed E-state index contributed by atoms with van der Waals surface area (Å²) in [6, 6.07) is 10.4. The van der Waals surface area contributed by atoms with Gasteiger partial charge in [-0.1, -0.05) is 51.1 Å². The summed E-state index contributed by atoms with van der Waals surface area (Å²) < 4.78 is 0. The van der Waals surface area contributed by atoms with Gasteiger partial charge in [0.25, 0.3) is 0 Å². The molecule has 0 fully saturated rings. The Balaban J connectivity index is 2.55. The van der Waals surface area contributed by atoms with Gasteiger partial charge >= 0.3 is 0 Å². The Morgan fingerprint density at radius 3 is 2.42 bits per heavy atom. The van der Waals surface area contributed by atoms with Crippen molar-refractivity contribution in [1.29, 1.82) is 0 Å². The van der Waals surface area contributed by atoms with Crippen molar-refractivity contribution in [2.75, 3.05) is 0 Å². The number of nitrogens with zero attached hydrogens (tertiary/aromatic N) is 1. The van der Waals surface area contributed by atoms with Gasteiger partial charge in [0.1, 0.15) is 5.01 Å². The molecular formula is C16H22N2S. The summed E-state index contributed by atoms with van der Waals surface area (Å²) in [6.07, 6.45) is 0.895. The average molecular weight is 274 g/mol. The zero-order chi connectivity index (χ0) is 14.0. The van der Waals surface area contributed by atoms with Crippen LogP contribution in [-0.2, 0) is 5.54 Å². The second-order valence-corrected chi connectivity index (χ2v) is 6.55. The SMILES string of the molecule is CCC(C)(N)c1nc(-c2ccccc2)c(C(C)C)s1. The fourth-order valence-corrected chi connectivity index (χ4v) is 3.14. The van der Waals surface area contributed by atoms with Gasteiger partial charge in [0.05, 0.1) is 11.2 Å². The molecule has 1 aromatic carbocycles. The van der Waals surface area contributed by atoms with Gasteiger partial charge in [-0.25, -0.2) is 4.98 Å². The maximum absolute atomic E-state index is 6.35. The van der Waals surface area contributed by atoms with Crippen molar-refractivity contribution >= 4 is 11.3 Å². The minimum absolute atomic E-state index is 0.332. The van der Waals surface area contributed by atoms with Crippen LogP contribution in [0.5, 0.6) is 0 Å². The predicted molar refractivity (Wildman–Crippen MR) is 83.5 cm³/mol. The summed E-state index contributed by atoms with van der Waals surface area (Å²) in [6.45, 7) is 8.59. The fourth-order valence-electron chi connectivity index (χ4n) is 1.92. The molecule has 1 atom stereocenters. The number of rotatable bonds is 4. The minimum atomic E-state index is -0.332. The summed E-state index contributed by atoms with van der Waals surface area (Å²) in [4.78, 5) is 6.16. The molecule has 0 bridgehead atoms. The van der Waals surface area contributed by atoms with Crippen LogP contribution in [0.25, 0.3) is 11.3 Å². The Hall–Kier alpha value is -1.19. The van der Waals surface area contributed by atoms with E-state index in [-0.39, 0.29) is 5.54 Å². The first-order valence-corrected chi connectivity index (χ1v) is 7.63. The number of hydrogen-bond acceptors (Lipinski definition) is 3. The zero-order valence-electron chi connectivity index (χ0n) is 12.1. The molecule has 2 nitrogen and oxygen atoms in total. The van der Waals surface area contributed by atoms with Crippen LogP contribution in [0.2, 0.25) is 0 Å². The first kappa shape index (κ1) is 14.2. The normalized spacial score (nSPS) is 14.6. The lowest BCUT2D eigenvalue weighted by Gasteiger charge is -2.19. The van der Waals surface area contributed by atoms with Gasteiger partial charge in [0.2, 0.25) is 0 Å². The largest absolute Gasteiger partial charge is 0.320 e. The molecule has 0 saturated heterocycles. The van der Waals surface area contributed by atoms with Crippen LogP contribution < -0.4 is 5.73 Å². The smallest absolute Gasteiger partial charge is 0.113 e. The van der Waals surface area contributed by atoms with Gasteiger partial charge in [-0.15, -0.1) is 11.3 Å². The lowest BCUT2D eigenvalue weighted by Crippen LogP contribution is -2.31. The monoisotopic (exact) mass is 274 g/mol. The molecule has 0 aliphatic carbocycles. The molecule has 102 valence electrons. The standard InChI is InChI=1S/C16H22N2S/c1-5-16(4,17)15-18-13(14(19-15)11(2)3)12-9-7-6-8-10-12/h6-11H,5,17H2,1-4H3. The summed E-state index contributed by atoms with van der Waals surface area (Å²) in [5.41, 5.74) is 8.29. The molecule has 2 N–H and O–H groups in total. The van der Waals surface area contributed by atoms with Crippen molar-refractivity contribution in [1.82, 2.24) is 4.98 Å². The summed E-state index contributed by atoms with van der Waals surface area (Å²) >= 11 is 1.76. The van der Waals surface area contributed by atoms with E-state index in [1.54, 1.807) is 11.3 Å². The number of aromatic nitrogens is 1. The van der Waals surface area contributed by atoms with Crippen LogP contribution in [0.4, 0.5) is 0 Å². The quantitative estimate of drug-likeness (QED) is 0.890. The van der Waals surface area contributed by atoms with E-state index in [0.717, 1.165) is 17.1 Å². The molecule has 0 aliphatic rings. The van der Waals surface area contributed by atoms with Gasteiger partial charge in [-0.2, -0.15) is 0 Å². The first-order valence-electron chi connectivity index (χ1n) is 6.81. The Kier molecular flexibility index (Phi) is 4.07. The Morgan fingerprint density at radius 2 is 1.89 bits per heavy atom. The molecule has 0 radical (unpaired) electrons. The summed E-state index contributed by atoms with van der Waals surface area (Å²) in [5, 5.41) is 1.04. The number of thiazole rings is 1. The second kappa shape index (κ2) is 5.43. The van der Waals surface area contributed by atoms with Gasteiger partial charge in [-0.05, 0) is 19.3 Å². The minimum Gasteiger partial charge on any atom is -0.320 e. The van der Waals surface area contributed by atoms with E-state index in [0.29, 0.717) is 5.92 Å². The fraction of sp³-hybridized carbons (Fsp3) is 0.438. The van der Waals surface area contributed by atoms with Crippen molar-refractivity contribution in [3.8, 4) is 11.3 Å². The molecule has 0 aliphatic heterocycles. The van der Waals surface area contributed by atoms with Crippen molar-refractivity contribution in [3.63, 3.8) is 0 Å². The van der Waals surface area contributed by atoms with E-state index in [1.807, 2.05) is 6.07 Å². The highest BCUT2D eigenvalue weighted by atomic mass is 32.1. The van der Waals surface area contributed by atoms with Crippen LogP contribution in [0.1, 0.15) is 49.9 Å². The summed E-state index contributed by atoms with van der Waals surface area (Å²) in [5.74, 6) is 0.467. The Morgan fingerprint density at radius 1 is 1.26 bits per heavy atom. The molecular weight excluding hydrogens is 252 g/mol. The van der Waals surface area contributed by atoms with Crippen LogP contribution in [0.3, 0.4) is 0 Å². The van der Waals surface area contributed by atoms with Gasteiger partial charge in [0, 0.05) is 10.4 Å². The molecule has 1 unspecified atom stereocenters. The first-order chi connectivity index (χ1) is 8.95. The van der Waals surface area contributed by atoms with Crippen molar-refractivity contribution in [3.05, 3.63) is 40.2 Å². The maximum atomic E-state index is 6.35. The molecule has 2 rings (SSSR count). The highest BCUT2D eigenvalue weighted by Gasteiger charge is 2.26. The number of nitrogens with two attached hydrogens (primary N) is 1. The number of benzene rings is 1. The van der Waals surface area contributed by atoms with E-state index in [2.05, 4.69) is 52.0 Å². The molecule has 2 aromatic rings. The van der Waals surface area contributed by atoms with Crippen LogP contribution in [0, 0.1) is 0 Å². The van der Waals surface area contributed by atoms with E-state index in [4.69, 9.17) is 10.7 Å². The third-order valence-corrected chi connectivity index (χ3v) is 5.08. The Bertz CT molecular complexity index is 541. The van der Waals surface area contributed by atoms with Crippen molar-refractivity contribution < 1.29 is 0 Å². The van der Waals surface area contributed by atoms with E-state index >= 15 is 0 Å². The summed E-state index contributed by atoms with van der Waals surface area (Å²) in [7, 11) is 0. The van der Waals surface area contributed by atoms with Crippen molar-refractivity contribution in [2.45, 2.75) is 45.6 Å². The van der Waals surface area contributed by atoms with Crippen molar-refractivity contribution in [2.24, 2.45) is 5.73 Å². The molecule has 1 aromatic heterocycles. The van der Waals surface area contributed by atoms with Crippen LogP contribution in [0.15, 0.2) is 30.3 Å². The topological polar surface area (TPSA) is 38.9 Å². The predicted octanol–water partition coefficient (Wildman–Crippen LogP) is 4.52. The van der Waals surface area contributed by atoms with Gasteiger partial charge in [0.15, 0.2) is 0 Å².